The Kier molecular flexibility index (Phi) is 4.74. The molecule has 0 bridgehead atoms. The summed E-state index contributed by atoms with van der Waals surface area (Å²) in [5.74, 6) is -0.0610. The molecule has 0 spiro atoms. The van der Waals surface area contributed by atoms with Crippen LogP contribution in [0.4, 0.5) is 0 Å². The summed E-state index contributed by atoms with van der Waals surface area (Å²) in [6.45, 7) is 6.10. The molecular formula is C20H26N2O2. The molecule has 0 saturated heterocycles. The summed E-state index contributed by atoms with van der Waals surface area (Å²) < 4.78 is 1.62. The zero-order valence-corrected chi connectivity index (χ0v) is 14.8. The molecule has 1 heterocycles. The van der Waals surface area contributed by atoms with E-state index in [0.717, 1.165) is 34.9 Å². The van der Waals surface area contributed by atoms with Crippen molar-refractivity contribution in [2.75, 3.05) is 0 Å². The number of carbonyl (C=O) groups excluding carboxylic acids is 1. The predicted molar refractivity (Wildman–Crippen MR) is 97.4 cm³/mol. The van der Waals surface area contributed by atoms with Crippen molar-refractivity contribution in [3.8, 4) is 0 Å². The van der Waals surface area contributed by atoms with E-state index in [1.165, 1.54) is 24.8 Å². The van der Waals surface area contributed by atoms with Gasteiger partial charge in [0, 0.05) is 17.5 Å². The molecule has 1 saturated carbocycles. The standard InChI is InChI=1S/C20H26N2O2/c1-13-9-15(3)20-17(10-13)14(2)11-19(24)22(20)12-18(23)21-16-7-5-4-6-8-16/h9-11,16H,4-8,12H2,1-3H3,(H,21,23). The van der Waals surface area contributed by atoms with E-state index in [2.05, 4.69) is 24.4 Å². The van der Waals surface area contributed by atoms with Gasteiger partial charge in [0.15, 0.2) is 0 Å². The van der Waals surface area contributed by atoms with Crippen LogP contribution in [0.25, 0.3) is 10.9 Å². The molecule has 3 rings (SSSR count). The molecule has 24 heavy (non-hydrogen) atoms. The van der Waals surface area contributed by atoms with Crippen LogP contribution in [0.3, 0.4) is 0 Å². The number of pyridine rings is 1. The van der Waals surface area contributed by atoms with Crippen LogP contribution in [0, 0.1) is 20.8 Å². The summed E-state index contributed by atoms with van der Waals surface area (Å²) in [4.78, 5) is 25.0. The Morgan fingerprint density at radius 3 is 2.50 bits per heavy atom. The van der Waals surface area contributed by atoms with Crippen molar-refractivity contribution >= 4 is 16.8 Å². The van der Waals surface area contributed by atoms with E-state index >= 15 is 0 Å². The van der Waals surface area contributed by atoms with Crippen LogP contribution in [0.5, 0.6) is 0 Å². The Morgan fingerprint density at radius 1 is 1.08 bits per heavy atom. The van der Waals surface area contributed by atoms with Crippen molar-refractivity contribution in [2.45, 2.75) is 65.5 Å². The molecule has 1 aromatic heterocycles. The summed E-state index contributed by atoms with van der Waals surface area (Å²) in [5.41, 5.74) is 3.94. The minimum Gasteiger partial charge on any atom is -0.352 e. The van der Waals surface area contributed by atoms with Gasteiger partial charge in [-0.3, -0.25) is 14.2 Å². The first-order valence-corrected chi connectivity index (χ1v) is 8.86. The fraction of sp³-hybridized carbons (Fsp3) is 0.500. The van der Waals surface area contributed by atoms with Gasteiger partial charge >= 0.3 is 0 Å². The maximum Gasteiger partial charge on any atom is 0.251 e. The van der Waals surface area contributed by atoms with Gasteiger partial charge in [-0.15, -0.1) is 0 Å². The van der Waals surface area contributed by atoms with Crippen LogP contribution in [-0.2, 0) is 11.3 Å². The molecule has 1 aromatic carbocycles. The molecule has 1 aliphatic rings. The molecule has 1 amide bonds. The van der Waals surface area contributed by atoms with Gasteiger partial charge in [0.05, 0.1) is 5.52 Å². The number of amides is 1. The number of nitrogens with one attached hydrogen (secondary N) is 1. The highest BCUT2D eigenvalue weighted by Crippen LogP contribution is 2.22. The molecule has 128 valence electrons. The van der Waals surface area contributed by atoms with E-state index in [1.54, 1.807) is 10.6 Å². The van der Waals surface area contributed by atoms with E-state index in [-0.39, 0.29) is 24.1 Å². The van der Waals surface area contributed by atoms with Gasteiger partial charge in [0.2, 0.25) is 5.91 Å². The Morgan fingerprint density at radius 2 is 1.79 bits per heavy atom. The highest BCUT2D eigenvalue weighted by Gasteiger charge is 2.17. The third-order valence-electron chi connectivity index (χ3n) is 5.02. The lowest BCUT2D eigenvalue weighted by molar-refractivity contribution is -0.122. The third kappa shape index (κ3) is 3.37. The topological polar surface area (TPSA) is 51.1 Å². The molecule has 0 aliphatic heterocycles. The zero-order chi connectivity index (χ0) is 17.3. The van der Waals surface area contributed by atoms with Gasteiger partial charge in [-0.05, 0) is 50.8 Å². The highest BCUT2D eigenvalue weighted by molar-refractivity contribution is 5.87. The van der Waals surface area contributed by atoms with Gasteiger partial charge in [-0.25, -0.2) is 0 Å². The number of aromatic nitrogens is 1. The second kappa shape index (κ2) is 6.80. The van der Waals surface area contributed by atoms with Crippen LogP contribution >= 0.6 is 0 Å². The van der Waals surface area contributed by atoms with Gasteiger partial charge < -0.3 is 5.32 Å². The Hall–Kier alpha value is -2.10. The normalized spacial score (nSPS) is 15.6. The fourth-order valence-electron chi connectivity index (χ4n) is 3.89. The second-order valence-corrected chi connectivity index (χ2v) is 7.13. The molecule has 0 radical (unpaired) electrons. The van der Waals surface area contributed by atoms with Crippen molar-refractivity contribution in [3.63, 3.8) is 0 Å². The average molecular weight is 326 g/mol. The SMILES string of the molecule is Cc1cc(C)c2c(c1)c(C)cc(=O)n2CC(=O)NC1CCCCC1. The van der Waals surface area contributed by atoms with Crippen molar-refractivity contribution in [3.05, 3.63) is 45.2 Å². The molecule has 4 heteroatoms. The predicted octanol–water partition coefficient (Wildman–Crippen LogP) is 3.38. The van der Waals surface area contributed by atoms with E-state index in [0.29, 0.717) is 0 Å². The molecule has 2 aromatic rings. The first-order valence-electron chi connectivity index (χ1n) is 8.86. The second-order valence-electron chi connectivity index (χ2n) is 7.13. The number of hydrogen-bond donors (Lipinski definition) is 1. The van der Waals surface area contributed by atoms with Gasteiger partial charge in [-0.2, -0.15) is 0 Å². The minimum absolute atomic E-state index is 0.0610. The summed E-state index contributed by atoms with van der Waals surface area (Å²) in [6.07, 6.45) is 5.71. The van der Waals surface area contributed by atoms with Gasteiger partial charge in [-0.1, -0.05) is 30.9 Å². The van der Waals surface area contributed by atoms with Crippen molar-refractivity contribution < 1.29 is 4.79 Å². The summed E-state index contributed by atoms with van der Waals surface area (Å²) >= 11 is 0. The molecule has 1 aliphatic carbocycles. The maximum absolute atomic E-state index is 12.5. The van der Waals surface area contributed by atoms with E-state index in [4.69, 9.17) is 0 Å². The van der Waals surface area contributed by atoms with Crippen molar-refractivity contribution in [1.82, 2.24) is 9.88 Å². The number of hydrogen-bond acceptors (Lipinski definition) is 2. The first kappa shape index (κ1) is 16.7. The number of rotatable bonds is 3. The molecular weight excluding hydrogens is 300 g/mol. The zero-order valence-electron chi connectivity index (χ0n) is 14.8. The Balaban J connectivity index is 1.94. The lowest BCUT2D eigenvalue weighted by Gasteiger charge is -2.23. The molecule has 0 unspecified atom stereocenters. The average Bonchev–Trinajstić information content (AvgIpc) is 2.52. The summed E-state index contributed by atoms with van der Waals surface area (Å²) in [6, 6.07) is 6.06. The molecule has 1 N–H and O–H groups in total. The lowest BCUT2D eigenvalue weighted by Crippen LogP contribution is -2.40. The lowest BCUT2D eigenvalue weighted by atomic mass is 9.95. The van der Waals surface area contributed by atoms with Crippen molar-refractivity contribution in [2.24, 2.45) is 0 Å². The van der Waals surface area contributed by atoms with E-state index < -0.39 is 0 Å². The van der Waals surface area contributed by atoms with Crippen LogP contribution in [0.15, 0.2) is 23.0 Å². The number of aryl methyl sites for hydroxylation is 3. The van der Waals surface area contributed by atoms with E-state index in [1.807, 2.05) is 13.8 Å². The highest BCUT2D eigenvalue weighted by atomic mass is 16.2. The number of carbonyl (C=O) groups is 1. The van der Waals surface area contributed by atoms with Gasteiger partial charge in [0.25, 0.3) is 5.56 Å². The molecule has 1 fully saturated rings. The molecule has 0 atom stereocenters. The van der Waals surface area contributed by atoms with E-state index in [9.17, 15) is 9.59 Å². The van der Waals surface area contributed by atoms with Gasteiger partial charge in [0.1, 0.15) is 6.54 Å². The van der Waals surface area contributed by atoms with Crippen LogP contribution < -0.4 is 10.9 Å². The van der Waals surface area contributed by atoms with Crippen LogP contribution in [-0.4, -0.2) is 16.5 Å². The fourth-order valence-corrected chi connectivity index (χ4v) is 3.89. The smallest absolute Gasteiger partial charge is 0.251 e. The Labute approximate surface area is 142 Å². The van der Waals surface area contributed by atoms with Crippen molar-refractivity contribution in [1.29, 1.82) is 0 Å². The number of fused-ring (bicyclic) bond motifs is 1. The summed E-state index contributed by atoms with van der Waals surface area (Å²) in [7, 11) is 0. The minimum atomic E-state index is -0.106. The monoisotopic (exact) mass is 326 g/mol. The largest absolute Gasteiger partial charge is 0.352 e. The third-order valence-corrected chi connectivity index (χ3v) is 5.02. The quantitative estimate of drug-likeness (QED) is 0.940. The summed E-state index contributed by atoms with van der Waals surface area (Å²) in [5, 5.41) is 4.16. The maximum atomic E-state index is 12.5. The van der Waals surface area contributed by atoms with Crippen LogP contribution in [0.2, 0.25) is 0 Å². The first-order chi connectivity index (χ1) is 11.5. The molecule has 4 nitrogen and oxygen atoms in total. The number of benzene rings is 1. The Bertz CT molecular complexity index is 830. The van der Waals surface area contributed by atoms with Crippen LogP contribution in [0.1, 0.15) is 48.8 Å². The number of nitrogens with zero attached hydrogens (tertiary/aromatic N) is 1.